The third-order valence-corrected chi connectivity index (χ3v) is 5.67. The van der Waals surface area contributed by atoms with E-state index in [4.69, 9.17) is 4.74 Å². The Hall–Kier alpha value is -1.18. The van der Waals surface area contributed by atoms with E-state index in [9.17, 15) is 9.59 Å². The normalized spacial score (nSPS) is 23.7. The minimum absolute atomic E-state index is 0.189. The number of carbonyl (C=O) groups is 2. The molecule has 3 saturated heterocycles. The fraction of sp³-hybridized carbons (Fsp3) is 0.889. The van der Waals surface area contributed by atoms with Crippen LogP contribution in [0.25, 0.3) is 0 Å². The molecule has 25 heavy (non-hydrogen) atoms. The van der Waals surface area contributed by atoms with Gasteiger partial charge in [-0.25, -0.2) is 0 Å². The summed E-state index contributed by atoms with van der Waals surface area (Å²) in [6.45, 7) is 8.45. The third-order valence-electron chi connectivity index (χ3n) is 5.67. The van der Waals surface area contributed by atoms with Gasteiger partial charge in [-0.05, 0) is 38.3 Å². The predicted octanol–water partition coefficient (Wildman–Crippen LogP) is -0.231. The van der Waals surface area contributed by atoms with E-state index < -0.39 is 0 Å². The van der Waals surface area contributed by atoms with Crippen molar-refractivity contribution in [2.24, 2.45) is 5.92 Å². The zero-order valence-electron chi connectivity index (χ0n) is 15.3. The molecular formula is C18H32N4O3. The molecular weight excluding hydrogens is 320 g/mol. The summed E-state index contributed by atoms with van der Waals surface area (Å²) < 4.78 is 5.29. The van der Waals surface area contributed by atoms with Crippen molar-refractivity contribution in [1.29, 1.82) is 0 Å². The van der Waals surface area contributed by atoms with Crippen LogP contribution in [-0.4, -0.2) is 98.6 Å². The second-order valence-electron chi connectivity index (χ2n) is 7.38. The lowest BCUT2D eigenvalue weighted by molar-refractivity contribution is -0.138. The van der Waals surface area contributed by atoms with Gasteiger partial charge in [-0.3, -0.25) is 14.5 Å². The highest BCUT2D eigenvalue weighted by Gasteiger charge is 2.25. The van der Waals surface area contributed by atoms with E-state index >= 15 is 0 Å². The van der Waals surface area contributed by atoms with E-state index in [1.54, 1.807) is 0 Å². The van der Waals surface area contributed by atoms with Gasteiger partial charge in [0.15, 0.2) is 0 Å². The topological polar surface area (TPSA) is 65.1 Å². The van der Waals surface area contributed by atoms with E-state index in [-0.39, 0.29) is 11.8 Å². The third kappa shape index (κ3) is 5.66. The Balaban J connectivity index is 1.33. The van der Waals surface area contributed by atoms with E-state index in [1.807, 2.05) is 9.80 Å². The zero-order chi connectivity index (χ0) is 17.5. The first-order valence-corrected chi connectivity index (χ1v) is 9.79. The van der Waals surface area contributed by atoms with Gasteiger partial charge in [-0.1, -0.05) is 0 Å². The molecule has 0 aromatic rings. The molecule has 3 rings (SSSR count). The molecule has 1 N–H and O–H groups in total. The van der Waals surface area contributed by atoms with Crippen LogP contribution < -0.4 is 5.32 Å². The largest absolute Gasteiger partial charge is 0.378 e. The minimum Gasteiger partial charge on any atom is -0.378 e. The van der Waals surface area contributed by atoms with Crippen molar-refractivity contribution in [2.45, 2.75) is 25.7 Å². The van der Waals surface area contributed by atoms with Gasteiger partial charge in [0.2, 0.25) is 11.8 Å². The highest BCUT2D eigenvalue weighted by atomic mass is 16.5. The van der Waals surface area contributed by atoms with Crippen molar-refractivity contribution in [3.05, 3.63) is 0 Å². The zero-order valence-corrected chi connectivity index (χ0v) is 15.3. The maximum absolute atomic E-state index is 12.4. The molecule has 0 atom stereocenters. The molecule has 0 radical (unpaired) electrons. The number of nitrogens with zero attached hydrogens (tertiary/aromatic N) is 3. The van der Waals surface area contributed by atoms with Gasteiger partial charge in [0.1, 0.15) is 0 Å². The van der Waals surface area contributed by atoms with E-state index in [0.717, 1.165) is 45.7 Å². The Morgan fingerprint density at radius 3 is 2.20 bits per heavy atom. The molecule has 0 bridgehead atoms. The van der Waals surface area contributed by atoms with Gasteiger partial charge in [0.25, 0.3) is 0 Å². The lowest BCUT2D eigenvalue weighted by atomic mass is 9.93. The molecule has 3 aliphatic rings. The fourth-order valence-corrected chi connectivity index (χ4v) is 3.92. The van der Waals surface area contributed by atoms with Crippen molar-refractivity contribution in [2.75, 3.05) is 72.1 Å². The Labute approximate surface area is 150 Å². The Morgan fingerprint density at radius 1 is 0.880 bits per heavy atom. The first kappa shape index (κ1) is 18.6. The average molecular weight is 352 g/mol. The molecule has 0 spiro atoms. The van der Waals surface area contributed by atoms with Crippen molar-refractivity contribution >= 4 is 11.8 Å². The second kappa shape index (κ2) is 9.50. The van der Waals surface area contributed by atoms with Crippen LogP contribution in [0.2, 0.25) is 0 Å². The summed E-state index contributed by atoms with van der Waals surface area (Å²) in [6, 6.07) is 0. The summed E-state index contributed by atoms with van der Waals surface area (Å²) in [7, 11) is 0. The summed E-state index contributed by atoms with van der Waals surface area (Å²) in [6.07, 6.45) is 4.10. The van der Waals surface area contributed by atoms with Gasteiger partial charge >= 0.3 is 0 Å². The number of carbonyl (C=O) groups excluding carboxylic acids is 2. The molecule has 0 aromatic heterocycles. The summed E-state index contributed by atoms with van der Waals surface area (Å²) in [4.78, 5) is 30.8. The highest BCUT2D eigenvalue weighted by Crippen LogP contribution is 2.18. The number of ether oxygens (including phenoxy) is 1. The standard InChI is InChI=1S/C18H32N4O3/c23-17(2-1-16-3-5-19-6-4-16)21-9-7-20(8-10-21)15-18(24)22-11-13-25-14-12-22/h16,19H,1-15H2. The number of hydrogen-bond acceptors (Lipinski definition) is 5. The number of hydrogen-bond donors (Lipinski definition) is 1. The van der Waals surface area contributed by atoms with Crippen molar-refractivity contribution in [1.82, 2.24) is 20.0 Å². The number of rotatable bonds is 5. The molecule has 0 aromatic carbocycles. The highest BCUT2D eigenvalue weighted by molar-refractivity contribution is 5.78. The fourth-order valence-electron chi connectivity index (χ4n) is 3.92. The molecule has 7 nitrogen and oxygen atoms in total. The van der Waals surface area contributed by atoms with Gasteiger partial charge in [0.05, 0.1) is 19.8 Å². The molecule has 142 valence electrons. The number of amides is 2. The predicted molar refractivity (Wildman–Crippen MR) is 95.2 cm³/mol. The molecule has 7 heteroatoms. The number of piperazine rings is 1. The lowest BCUT2D eigenvalue weighted by Gasteiger charge is -2.36. The van der Waals surface area contributed by atoms with Gasteiger partial charge in [-0.15, -0.1) is 0 Å². The SMILES string of the molecule is O=C(CCC1CCNCC1)N1CCN(CC(=O)N2CCOCC2)CC1. The first-order chi connectivity index (χ1) is 12.2. The number of nitrogens with one attached hydrogen (secondary N) is 1. The van der Waals surface area contributed by atoms with E-state index in [1.165, 1.54) is 12.8 Å². The summed E-state index contributed by atoms with van der Waals surface area (Å²) in [5, 5.41) is 3.37. The number of piperidine rings is 1. The molecule has 0 aliphatic carbocycles. The van der Waals surface area contributed by atoms with Crippen LogP contribution in [0.3, 0.4) is 0 Å². The molecule has 0 unspecified atom stereocenters. The van der Waals surface area contributed by atoms with Gasteiger partial charge in [0, 0.05) is 45.7 Å². The maximum atomic E-state index is 12.4. The monoisotopic (exact) mass is 352 g/mol. The molecule has 3 aliphatic heterocycles. The Bertz CT molecular complexity index is 440. The Morgan fingerprint density at radius 2 is 1.52 bits per heavy atom. The van der Waals surface area contributed by atoms with Crippen LogP contribution in [0.4, 0.5) is 0 Å². The first-order valence-electron chi connectivity index (χ1n) is 9.79. The smallest absolute Gasteiger partial charge is 0.236 e. The van der Waals surface area contributed by atoms with Crippen LogP contribution in [0, 0.1) is 5.92 Å². The van der Waals surface area contributed by atoms with Gasteiger partial charge in [-0.2, -0.15) is 0 Å². The second-order valence-corrected chi connectivity index (χ2v) is 7.38. The summed E-state index contributed by atoms with van der Waals surface area (Å²) in [5.41, 5.74) is 0. The average Bonchev–Trinajstić information content (AvgIpc) is 2.68. The minimum atomic E-state index is 0.189. The van der Waals surface area contributed by atoms with Crippen LogP contribution >= 0.6 is 0 Å². The van der Waals surface area contributed by atoms with Crippen molar-refractivity contribution in [3.8, 4) is 0 Å². The molecule has 3 fully saturated rings. The van der Waals surface area contributed by atoms with Crippen molar-refractivity contribution in [3.63, 3.8) is 0 Å². The molecule has 2 amide bonds. The van der Waals surface area contributed by atoms with Gasteiger partial charge < -0.3 is 19.9 Å². The quantitative estimate of drug-likeness (QED) is 0.740. The van der Waals surface area contributed by atoms with Crippen LogP contribution in [0.1, 0.15) is 25.7 Å². The van der Waals surface area contributed by atoms with E-state index in [0.29, 0.717) is 45.2 Å². The Kier molecular flexibility index (Phi) is 7.07. The lowest BCUT2D eigenvalue weighted by Crippen LogP contribution is -2.52. The molecule has 0 saturated carbocycles. The maximum Gasteiger partial charge on any atom is 0.236 e. The van der Waals surface area contributed by atoms with Crippen molar-refractivity contribution < 1.29 is 14.3 Å². The molecule has 3 heterocycles. The van der Waals surface area contributed by atoms with Crippen LogP contribution in [0.15, 0.2) is 0 Å². The van der Waals surface area contributed by atoms with Crippen LogP contribution in [-0.2, 0) is 14.3 Å². The summed E-state index contributed by atoms with van der Waals surface area (Å²) >= 11 is 0. The van der Waals surface area contributed by atoms with E-state index in [2.05, 4.69) is 10.2 Å². The van der Waals surface area contributed by atoms with Crippen LogP contribution in [0.5, 0.6) is 0 Å². The summed E-state index contributed by atoms with van der Waals surface area (Å²) in [5.74, 6) is 1.18. The number of morpholine rings is 1.